The van der Waals surface area contributed by atoms with Gasteiger partial charge in [0.25, 0.3) is 0 Å². The molecule has 0 N–H and O–H groups in total. The van der Waals surface area contributed by atoms with Crippen LogP contribution in [0.2, 0.25) is 5.02 Å². The summed E-state index contributed by atoms with van der Waals surface area (Å²) in [6, 6.07) is 0. The highest BCUT2D eigenvalue weighted by Crippen LogP contribution is 2.24. The molecule has 0 atom stereocenters. The average Bonchev–Trinajstić information content (AvgIpc) is 2.74. The van der Waals surface area contributed by atoms with E-state index in [9.17, 15) is 0 Å². The lowest BCUT2D eigenvalue weighted by atomic mass is 10.1. The van der Waals surface area contributed by atoms with Gasteiger partial charge in [-0.15, -0.1) is 0 Å². The first kappa shape index (κ1) is 16.3. The van der Waals surface area contributed by atoms with Gasteiger partial charge in [0.15, 0.2) is 0 Å². The van der Waals surface area contributed by atoms with E-state index in [1.54, 1.807) is 0 Å². The lowest BCUT2D eigenvalue weighted by Crippen LogP contribution is -2.37. The SMILES string of the molecule is CCc1nn(C)c(CN2CCC(OCCBr)CC2)c1Cl. The first-order valence-corrected chi connectivity index (χ1v) is 8.75. The van der Waals surface area contributed by atoms with E-state index in [2.05, 4.69) is 32.9 Å². The predicted molar refractivity (Wildman–Crippen MR) is 85.6 cm³/mol. The molecule has 2 heterocycles. The van der Waals surface area contributed by atoms with Crippen LogP contribution in [0.4, 0.5) is 0 Å². The fourth-order valence-corrected chi connectivity index (χ4v) is 3.19. The lowest BCUT2D eigenvalue weighted by Gasteiger charge is -2.31. The fraction of sp³-hybridized carbons (Fsp3) is 0.786. The number of nitrogens with zero attached hydrogens (tertiary/aromatic N) is 3. The van der Waals surface area contributed by atoms with Crippen LogP contribution in [0.15, 0.2) is 0 Å². The van der Waals surface area contributed by atoms with Crippen molar-refractivity contribution in [3.05, 3.63) is 16.4 Å². The maximum absolute atomic E-state index is 6.41. The molecule has 0 unspecified atom stereocenters. The van der Waals surface area contributed by atoms with Crippen LogP contribution in [0, 0.1) is 0 Å². The molecule has 1 aromatic heterocycles. The highest BCUT2D eigenvalue weighted by Gasteiger charge is 2.22. The van der Waals surface area contributed by atoms with Crippen molar-refractivity contribution in [1.29, 1.82) is 0 Å². The minimum absolute atomic E-state index is 0.414. The smallest absolute Gasteiger partial charge is 0.0863 e. The van der Waals surface area contributed by atoms with Gasteiger partial charge in [-0.3, -0.25) is 9.58 Å². The molecule has 4 nitrogen and oxygen atoms in total. The van der Waals surface area contributed by atoms with E-state index < -0.39 is 0 Å². The number of aryl methyl sites for hydroxylation is 2. The maximum Gasteiger partial charge on any atom is 0.0863 e. The van der Waals surface area contributed by atoms with Gasteiger partial charge in [0.2, 0.25) is 0 Å². The van der Waals surface area contributed by atoms with E-state index in [4.69, 9.17) is 16.3 Å². The quantitative estimate of drug-likeness (QED) is 0.727. The molecule has 2 rings (SSSR count). The van der Waals surface area contributed by atoms with Crippen LogP contribution >= 0.6 is 27.5 Å². The van der Waals surface area contributed by atoms with Crippen LogP contribution < -0.4 is 0 Å². The van der Waals surface area contributed by atoms with Crippen LogP contribution in [0.1, 0.15) is 31.2 Å². The number of hydrogen-bond donors (Lipinski definition) is 0. The van der Waals surface area contributed by atoms with E-state index >= 15 is 0 Å². The van der Waals surface area contributed by atoms with Crippen molar-refractivity contribution in [3.8, 4) is 0 Å². The number of halogens is 2. The van der Waals surface area contributed by atoms with Crippen molar-refractivity contribution in [2.75, 3.05) is 25.0 Å². The van der Waals surface area contributed by atoms with Crippen LogP contribution in [0.5, 0.6) is 0 Å². The third-order valence-electron chi connectivity index (χ3n) is 3.84. The minimum Gasteiger partial charge on any atom is -0.377 e. The zero-order chi connectivity index (χ0) is 14.5. The Morgan fingerprint density at radius 2 is 2.10 bits per heavy atom. The molecule has 1 aliphatic rings. The summed E-state index contributed by atoms with van der Waals surface area (Å²) in [5, 5.41) is 6.23. The van der Waals surface area contributed by atoms with Crippen LogP contribution in [0.25, 0.3) is 0 Å². The number of rotatable bonds is 6. The molecule has 0 amide bonds. The molecule has 1 fully saturated rings. The first-order valence-electron chi connectivity index (χ1n) is 7.25. The minimum atomic E-state index is 0.414. The van der Waals surface area contributed by atoms with Crippen LogP contribution in [-0.4, -0.2) is 45.8 Å². The Morgan fingerprint density at radius 3 is 2.65 bits per heavy atom. The van der Waals surface area contributed by atoms with E-state index in [1.807, 2.05) is 11.7 Å². The number of ether oxygens (including phenoxy) is 1. The number of alkyl halides is 1. The highest BCUT2D eigenvalue weighted by atomic mass is 79.9. The third-order valence-corrected chi connectivity index (χ3v) is 4.60. The second kappa shape index (κ2) is 7.78. The standard InChI is InChI=1S/C14H23BrClN3O/c1-3-12-14(16)13(18(2)17-12)10-19-7-4-11(5-8-19)20-9-6-15/h11H,3-10H2,1-2H3. The molecule has 20 heavy (non-hydrogen) atoms. The summed E-state index contributed by atoms with van der Waals surface area (Å²) in [7, 11) is 1.98. The summed E-state index contributed by atoms with van der Waals surface area (Å²) in [4.78, 5) is 2.44. The maximum atomic E-state index is 6.41. The van der Waals surface area contributed by atoms with Crippen molar-refractivity contribution >= 4 is 27.5 Å². The zero-order valence-corrected chi connectivity index (χ0v) is 14.6. The van der Waals surface area contributed by atoms with Crippen molar-refractivity contribution in [2.24, 2.45) is 7.05 Å². The van der Waals surface area contributed by atoms with Gasteiger partial charge in [-0.05, 0) is 19.3 Å². The van der Waals surface area contributed by atoms with E-state index in [1.165, 1.54) is 0 Å². The molecule has 0 spiro atoms. The Morgan fingerprint density at radius 1 is 1.40 bits per heavy atom. The van der Waals surface area contributed by atoms with Crippen molar-refractivity contribution in [2.45, 2.75) is 38.8 Å². The van der Waals surface area contributed by atoms with E-state index in [-0.39, 0.29) is 0 Å². The molecule has 1 aliphatic heterocycles. The summed E-state index contributed by atoms with van der Waals surface area (Å²) in [6.07, 6.45) is 3.50. The summed E-state index contributed by atoms with van der Waals surface area (Å²) in [6.45, 7) is 5.90. The van der Waals surface area contributed by atoms with Crippen molar-refractivity contribution < 1.29 is 4.74 Å². The molecule has 0 aliphatic carbocycles. The second-order valence-corrected chi connectivity index (χ2v) is 6.39. The molecule has 114 valence electrons. The molecule has 0 radical (unpaired) electrons. The third kappa shape index (κ3) is 3.97. The van der Waals surface area contributed by atoms with Crippen molar-refractivity contribution in [1.82, 2.24) is 14.7 Å². The van der Waals surface area contributed by atoms with Gasteiger partial charge in [-0.2, -0.15) is 5.10 Å². The molecule has 1 saturated heterocycles. The summed E-state index contributed by atoms with van der Waals surface area (Å²) in [5.41, 5.74) is 2.13. The summed E-state index contributed by atoms with van der Waals surface area (Å²) >= 11 is 9.80. The lowest BCUT2D eigenvalue weighted by molar-refractivity contribution is 0.0137. The average molecular weight is 365 g/mol. The van der Waals surface area contributed by atoms with Gasteiger partial charge in [-0.25, -0.2) is 0 Å². The first-order chi connectivity index (χ1) is 9.65. The Bertz CT molecular complexity index is 430. The van der Waals surface area contributed by atoms with Crippen LogP contribution in [0.3, 0.4) is 0 Å². The molecule has 0 saturated carbocycles. The molecular formula is C14H23BrClN3O. The number of aromatic nitrogens is 2. The highest BCUT2D eigenvalue weighted by molar-refractivity contribution is 9.09. The van der Waals surface area contributed by atoms with Crippen LogP contribution in [-0.2, 0) is 24.8 Å². The predicted octanol–water partition coefficient (Wildman–Crippen LogP) is 3.01. The van der Waals surface area contributed by atoms with Gasteiger partial charge >= 0.3 is 0 Å². The Hall–Kier alpha value is -0.100. The largest absolute Gasteiger partial charge is 0.377 e. The Labute approximate surface area is 134 Å². The normalized spacial score (nSPS) is 17.8. The van der Waals surface area contributed by atoms with Gasteiger partial charge in [-0.1, -0.05) is 34.5 Å². The van der Waals surface area contributed by atoms with Gasteiger partial charge < -0.3 is 4.74 Å². The summed E-state index contributed by atoms with van der Waals surface area (Å²) in [5.74, 6) is 0. The fourth-order valence-electron chi connectivity index (χ4n) is 2.65. The molecule has 0 bridgehead atoms. The monoisotopic (exact) mass is 363 g/mol. The van der Waals surface area contributed by atoms with Gasteiger partial charge in [0.1, 0.15) is 0 Å². The second-order valence-electron chi connectivity index (χ2n) is 5.22. The molecule has 0 aromatic carbocycles. The molecule has 1 aromatic rings. The zero-order valence-electron chi connectivity index (χ0n) is 12.2. The van der Waals surface area contributed by atoms with Crippen molar-refractivity contribution in [3.63, 3.8) is 0 Å². The number of likely N-dealkylation sites (tertiary alicyclic amines) is 1. The number of piperidine rings is 1. The Balaban J connectivity index is 1.88. The topological polar surface area (TPSA) is 30.3 Å². The summed E-state index contributed by atoms with van der Waals surface area (Å²) < 4.78 is 7.71. The number of hydrogen-bond acceptors (Lipinski definition) is 3. The van der Waals surface area contributed by atoms with Gasteiger partial charge in [0, 0.05) is 32.0 Å². The van der Waals surface area contributed by atoms with E-state index in [0.29, 0.717) is 6.10 Å². The Kier molecular flexibility index (Phi) is 6.33. The van der Waals surface area contributed by atoms with E-state index in [0.717, 1.165) is 67.2 Å². The molecular weight excluding hydrogens is 342 g/mol. The van der Waals surface area contributed by atoms with Gasteiger partial charge in [0.05, 0.1) is 29.1 Å². The molecule has 6 heteroatoms.